The number of hydrogen-bond acceptors (Lipinski definition) is 6. The minimum Gasteiger partial charge on any atom is -0.395 e. The number of carbonyl (C=O) groups excluding carboxylic acids is 1. The van der Waals surface area contributed by atoms with Crippen LogP contribution in [0.4, 0.5) is 11.4 Å². The van der Waals surface area contributed by atoms with Gasteiger partial charge in [-0.2, -0.15) is 0 Å². The van der Waals surface area contributed by atoms with Gasteiger partial charge in [0.15, 0.2) is 0 Å². The summed E-state index contributed by atoms with van der Waals surface area (Å²) in [6.07, 6.45) is 0. The van der Waals surface area contributed by atoms with Gasteiger partial charge in [0.1, 0.15) is 5.69 Å². The Kier molecular flexibility index (Phi) is 5.04. The number of amides is 1. The average molecular weight is 289 g/mol. The van der Waals surface area contributed by atoms with Gasteiger partial charge in [-0.05, 0) is 6.07 Å². The topological polar surface area (TPSA) is 122 Å². The highest BCUT2D eigenvalue weighted by Crippen LogP contribution is 2.33. The van der Waals surface area contributed by atoms with Gasteiger partial charge in [-0.3, -0.25) is 20.8 Å². The molecule has 19 heavy (non-hydrogen) atoms. The number of aliphatic hydroxyl groups is 1. The van der Waals surface area contributed by atoms with Gasteiger partial charge in [0.2, 0.25) is 0 Å². The van der Waals surface area contributed by atoms with E-state index in [0.29, 0.717) is 0 Å². The quantitative estimate of drug-likeness (QED) is 0.414. The van der Waals surface area contributed by atoms with Crippen molar-refractivity contribution in [3.63, 3.8) is 0 Å². The van der Waals surface area contributed by atoms with Crippen LogP contribution in [0.25, 0.3) is 0 Å². The van der Waals surface area contributed by atoms with Crippen molar-refractivity contribution in [3.8, 4) is 0 Å². The summed E-state index contributed by atoms with van der Waals surface area (Å²) < 4.78 is 0. The fourth-order valence-electron chi connectivity index (χ4n) is 1.47. The van der Waals surface area contributed by atoms with E-state index in [0.717, 1.165) is 6.07 Å². The molecule has 1 amide bonds. The number of nitro benzene ring substituents is 1. The highest BCUT2D eigenvalue weighted by atomic mass is 35.5. The van der Waals surface area contributed by atoms with Crippen molar-refractivity contribution in [2.45, 2.75) is 0 Å². The molecule has 8 nitrogen and oxygen atoms in total. The molecule has 1 rings (SSSR count). The number of anilines is 1. The van der Waals surface area contributed by atoms with Crippen molar-refractivity contribution in [2.24, 2.45) is 5.84 Å². The molecular formula is C10H13ClN4O4. The Hall–Kier alpha value is -1.90. The van der Waals surface area contributed by atoms with Crippen LogP contribution in [-0.4, -0.2) is 41.0 Å². The molecule has 0 saturated carbocycles. The molecule has 1 aromatic carbocycles. The number of likely N-dealkylation sites (N-methyl/N-ethyl adjacent to an activating group) is 1. The lowest BCUT2D eigenvalue weighted by Crippen LogP contribution is -2.29. The monoisotopic (exact) mass is 288 g/mol. The molecule has 0 aliphatic carbocycles. The van der Waals surface area contributed by atoms with Crippen molar-refractivity contribution in [3.05, 3.63) is 32.8 Å². The fourth-order valence-corrected chi connectivity index (χ4v) is 1.74. The van der Waals surface area contributed by atoms with Gasteiger partial charge in [0, 0.05) is 25.2 Å². The summed E-state index contributed by atoms with van der Waals surface area (Å²) in [5, 5.41) is 19.6. The van der Waals surface area contributed by atoms with E-state index in [1.54, 1.807) is 0 Å². The van der Waals surface area contributed by atoms with Crippen LogP contribution in [0.15, 0.2) is 12.1 Å². The van der Waals surface area contributed by atoms with E-state index in [1.165, 1.54) is 18.0 Å². The Morgan fingerprint density at radius 2 is 2.26 bits per heavy atom. The fraction of sp³-hybridized carbons (Fsp3) is 0.300. The third-order valence-corrected chi connectivity index (χ3v) is 2.74. The first-order chi connectivity index (χ1) is 8.92. The zero-order chi connectivity index (χ0) is 14.6. The molecule has 0 atom stereocenters. The van der Waals surface area contributed by atoms with Gasteiger partial charge >= 0.3 is 0 Å². The largest absolute Gasteiger partial charge is 0.395 e. The van der Waals surface area contributed by atoms with Crippen LogP contribution in [0.1, 0.15) is 10.4 Å². The molecule has 0 unspecified atom stereocenters. The second kappa shape index (κ2) is 6.32. The van der Waals surface area contributed by atoms with Crippen LogP contribution in [-0.2, 0) is 0 Å². The van der Waals surface area contributed by atoms with Gasteiger partial charge < -0.3 is 15.4 Å². The van der Waals surface area contributed by atoms with E-state index in [2.05, 4.69) is 5.43 Å². The van der Waals surface area contributed by atoms with Gasteiger partial charge in [-0.25, -0.2) is 0 Å². The van der Waals surface area contributed by atoms with Crippen LogP contribution in [0.2, 0.25) is 5.02 Å². The Labute approximate surface area is 113 Å². The third-order valence-electron chi connectivity index (χ3n) is 2.44. The molecule has 0 bridgehead atoms. The SMILES string of the molecule is CN(CCO)C(=O)c1cc(Cl)c(NN)c([N+](=O)[O-])c1. The number of carbonyl (C=O) groups is 1. The van der Waals surface area contributed by atoms with Crippen LogP contribution in [0.3, 0.4) is 0 Å². The molecule has 0 fully saturated rings. The van der Waals surface area contributed by atoms with E-state index in [4.69, 9.17) is 22.6 Å². The lowest BCUT2D eigenvalue weighted by atomic mass is 10.1. The maximum atomic E-state index is 11.9. The summed E-state index contributed by atoms with van der Waals surface area (Å²) in [6, 6.07) is 2.36. The molecular weight excluding hydrogens is 276 g/mol. The number of halogens is 1. The molecule has 0 aliphatic rings. The number of benzene rings is 1. The number of nitrogens with one attached hydrogen (secondary N) is 1. The minimum absolute atomic E-state index is 0.0301. The standard InChI is InChI=1S/C10H13ClN4O4/c1-14(2-3-16)10(17)6-4-7(11)9(13-12)8(5-6)15(18)19/h4-5,13,16H,2-3,12H2,1H3. The van der Waals surface area contributed by atoms with Crippen LogP contribution in [0, 0.1) is 10.1 Å². The second-order valence-corrected chi connectivity index (χ2v) is 4.11. The van der Waals surface area contributed by atoms with E-state index in [9.17, 15) is 14.9 Å². The summed E-state index contributed by atoms with van der Waals surface area (Å²) in [7, 11) is 1.47. The summed E-state index contributed by atoms with van der Waals surface area (Å²) in [4.78, 5) is 23.4. The Morgan fingerprint density at radius 3 is 2.74 bits per heavy atom. The summed E-state index contributed by atoms with van der Waals surface area (Å²) in [5.74, 6) is 4.67. The predicted molar refractivity (Wildman–Crippen MR) is 70.0 cm³/mol. The summed E-state index contributed by atoms with van der Waals surface area (Å²) in [6.45, 7) is -0.0956. The van der Waals surface area contributed by atoms with Crippen molar-refractivity contribution >= 4 is 28.9 Å². The predicted octanol–water partition coefficient (Wildman–Crippen LogP) is 0.598. The van der Waals surface area contributed by atoms with Crippen molar-refractivity contribution in [1.82, 2.24) is 4.90 Å². The summed E-state index contributed by atoms with van der Waals surface area (Å²) in [5.41, 5.74) is 1.72. The number of hydrazine groups is 1. The number of nitrogens with zero attached hydrogens (tertiary/aromatic N) is 2. The van der Waals surface area contributed by atoms with Crippen LogP contribution >= 0.6 is 11.6 Å². The van der Waals surface area contributed by atoms with E-state index in [-0.39, 0.29) is 29.4 Å². The first-order valence-corrected chi connectivity index (χ1v) is 5.61. The third kappa shape index (κ3) is 3.31. The van der Waals surface area contributed by atoms with Crippen LogP contribution in [0.5, 0.6) is 0 Å². The van der Waals surface area contributed by atoms with E-state index >= 15 is 0 Å². The average Bonchev–Trinajstić information content (AvgIpc) is 2.36. The molecule has 0 saturated heterocycles. The Morgan fingerprint density at radius 1 is 1.63 bits per heavy atom. The van der Waals surface area contributed by atoms with Crippen molar-refractivity contribution in [1.29, 1.82) is 0 Å². The molecule has 4 N–H and O–H groups in total. The van der Waals surface area contributed by atoms with Gasteiger partial charge in [-0.15, -0.1) is 0 Å². The number of rotatable bonds is 5. The number of nitrogens with two attached hydrogens (primary N) is 1. The highest BCUT2D eigenvalue weighted by Gasteiger charge is 2.22. The van der Waals surface area contributed by atoms with E-state index in [1.807, 2.05) is 0 Å². The molecule has 0 heterocycles. The van der Waals surface area contributed by atoms with Gasteiger partial charge in [-0.1, -0.05) is 11.6 Å². The molecule has 0 aromatic heterocycles. The van der Waals surface area contributed by atoms with E-state index < -0.39 is 16.5 Å². The first-order valence-electron chi connectivity index (χ1n) is 5.23. The lowest BCUT2D eigenvalue weighted by Gasteiger charge is -2.16. The number of nitrogen functional groups attached to an aromatic ring is 1. The Bertz CT molecular complexity index is 509. The van der Waals surface area contributed by atoms with Crippen molar-refractivity contribution < 1.29 is 14.8 Å². The molecule has 0 aliphatic heterocycles. The van der Waals surface area contributed by atoms with Gasteiger partial charge in [0.05, 0.1) is 16.6 Å². The van der Waals surface area contributed by atoms with Gasteiger partial charge in [0.25, 0.3) is 11.6 Å². The zero-order valence-electron chi connectivity index (χ0n) is 10.1. The minimum atomic E-state index is -0.691. The van der Waals surface area contributed by atoms with Crippen molar-refractivity contribution in [2.75, 3.05) is 25.6 Å². The smallest absolute Gasteiger partial charge is 0.295 e. The Balaban J connectivity index is 3.24. The maximum Gasteiger partial charge on any atom is 0.295 e. The normalized spacial score (nSPS) is 10.1. The molecule has 0 spiro atoms. The number of aliphatic hydroxyl groups excluding tert-OH is 1. The first kappa shape index (κ1) is 15.2. The molecule has 9 heteroatoms. The number of nitro groups is 1. The molecule has 1 aromatic rings. The maximum absolute atomic E-state index is 11.9. The highest BCUT2D eigenvalue weighted by molar-refractivity contribution is 6.34. The summed E-state index contributed by atoms with van der Waals surface area (Å²) >= 11 is 5.84. The number of hydrogen-bond donors (Lipinski definition) is 3. The second-order valence-electron chi connectivity index (χ2n) is 3.70. The lowest BCUT2D eigenvalue weighted by molar-refractivity contribution is -0.384. The molecule has 0 radical (unpaired) electrons. The molecule has 104 valence electrons. The zero-order valence-corrected chi connectivity index (χ0v) is 10.8. The van der Waals surface area contributed by atoms with Crippen LogP contribution < -0.4 is 11.3 Å².